The average molecular weight is 325 g/mol. The molecule has 0 aromatic heterocycles. The van der Waals surface area contributed by atoms with Crippen LogP contribution in [0.1, 0.15) is 55.6 Å². The highest BCUT2D eigenvalue weighted by Gasteiger charge is 2.97. The number of hydrogen-bond donors (Lipinski definition) is 0. The lowest BCUT2D eigenvalue weighted by atomic mass is 9.58. The van der Waals surface area contributed by atoms with Crippen molar-refractivity contribution in [2.24, 2.45) is 28.1 Å². The first kappa shape index (κ1) is 13.9. The van der Waals surface area contributed by atoms with Crippen LogP contribution in [-0.4, -0.2) is 0 Å². The Morgan fingerprint density at radius 3 is 2.52 bits per heavy atom. The summed E-state index contributed by atoms with van der Waals surface area (Å²) < 4.78 is 0. The molecule has 5 aliphatic carbocycles. The van der Waals surface area contributed by atoms with E-state index in [9.17, 15) is 15.8 Å². The molecule has 0 radical (unpaired) electrons. The van der Waals surface area contributed by atoms with Crippen molar-refractivity contribution in [2.75, 3.05) is 0 Å². The molecule has 6 atom stereocenters. The summed E-state index contributed by atoms with van der Waals surface area (Å²) in [5, 5.41) is 30.1. The van der Waals surface area contributed by atoms with Crippen LogP contribution in [0.3, 0.4) is 0 Å². The van der Waals surface area contributed by atoms with Crippen molar-refractivity contribution in [3.05, 3.63) is 35.4 Å². The molecule has 3 heteroatoms. The zero-order chi connectivity index (χ0) is 17.1. The minimum absolute atomic E-state index is 0.0286. The second-order valence-electron chi connectivity index (χ2n) is 9.15. The van der Waals surface area contributed by atoms with Crippen LogP contribution in [0.4, 0.5) is 0 Å². The highest BCUT2D eigenvalue weighted by molar-refractivity contribution is 5.67. The van der Waals surface area contributed by atoms with Gasteiger partial charge in [-0.3, -0.25) is 0 Å². The number of rotatable bonds is 0. The smallest absolute Gasteiger partial charge is 0.145 e. The summed E-state index contributed by atoms with van der Waals surface area (Å²) in [6.07, 6.45) is 6.05. The second-order valence-corrected chi connectivity index (χ2v) is 9.15. The van der Waals surface area contributed by atoms with Crippen LogP contribution in [0.5, 0.6) is 0 Å². The van der Waals surface area contributed by atoms with Crippen molar-refractivity contribution in [2.45, 2.75) is 49.9 Å². The van der Waals surface area contributed by atoms with E-state index in [0.717, 1.165) is 6.42 Å². The highest BCUT2D eigenvalue weighted by atomic mass is 15.0. The fraction of sp³-hybridized carbons (Fsp3) is 0.591. The van der Waals surface area contributed by atoms with E-state index < -0.39 is 10.8 Å². The van der Waals surface area contributed by atoms with E-state index in [1.807, 2.05) is 0 Å². The van der Waals surface area contributed by atoms with E-state index in [2.05, 4.69) is 42.5 Å². The maximum Gasteiger partial charge on any atom is 0.145 e. The van der Waals surface area contributed by atoms with E-state index in [4.69, 9.17) is 0 Å². The first-order chi connectivity index (χ1) is 12.2. The molecule has 0 amide bonds. The fourth-order valence-corrected chi connectivity index (χ4v) is 8.66. The lowest BCUT2D eigenvalue weighted by Crippen LogP contribution is -2.39. The van der Waals surface area contributed by atoms with Crippen LogP contribution in [0, 0.1) is 62.1 Å². The van der Waals surface area contributed by atoms with Gasteiger partial charge in [-0.1, -0.05) is 37.1 Å². The summed E-state index contributed by atoms with van der Waals surface area (Å²) in [6, 6.07) is 16.1. The van der Waals surface area contributed by atoms with Gasteiger partial charge in [0.15, 0.2) is 0 Å². The summed E-state index contributed by atoms with van der Waals surface area (Å²) in [4.78, 5) is 0. The summed E-state index contributed by atoms with van der Waals surface area (Å²) in [5.74, 6) is 1.38. The van der Waals surface area contributed by atoms with E-state index in [-0.39, 0.29) is 10.8 Å². The molecular formula is C22H19N3. The lowest BCUT2D eigenvalue weighted by molar-refractivity contribution is 0.0486. The lowest BCUT2D eigenvalue weighted by Gasteiger charge is -2.45. The van der Waals surface area contributed by atoms with Crippen molar-refractivity contribution < 1.29 is 0 Å². The van der Waals surface area contributed by atoms with Gasteiger partial charge < -0.3 is 0 Å². The molecule has 0 N–H and O–H groups in total. The molecule has 0 aliphatic heterocycles. The molecule has 25 heavy (non-hydrogen) atoms. The summed E-state index contributed by atoms with van der Waals surface area (Å²) >= 11 is 0. The fourth-order valence-electron chi connectivity index (χ4n) is 8.66. The Balaban J connectivity index is 1.67. The first-order valence-electron chi connectivity index (χ1n) is 9.50. The van der Waals surface area contributed by atoms with E-state index in [1.54, 1.807) is 0 Å². The van der Waals surface area contributed by atoms with Crippen molar-refractivity contribution >= 4 is 0 Å². The van der Waals surface area contributed by atoms with Crippen molar-refractivity contribution in [1.82, 2.24) is 0 Å². The van der Waals surface area contributed by atoms with Crippen LogP contribution in [-0.2, 0) is 5.41 Å². The molecule has 0 heterocycles. The molecule has 5 aliphatic rings. The van der Waals surface area contributed by atoms with Crippen molar-refractivity contribution in [1.29, 1.82) is 15.8 Å². The zero-order valence-corrected chi connectivity index (χ0v) is 14.1. The third kappa shape index (κ3) is 1.05. The highest BCUT2D eigenvalue weighted by Crippen LogP contribution is 2.98. The van der Waals surface area contributed by atoms with Gasteiger partial charge in [0.25, 0.3) is 0 Å². The molecule has 3 unspecified atom stereocenters. The molecule has 2 spiro atoms. The van der Waals surface area contributed by atoms with Crippen LogP contribution < -0.4 is 0 Å². The Morgan fingerprint density at radius 2 is 1.76 bits per heavy atom. The quantitative estimate of drug-likeness (QED) is 0.718. The monoisotopic (exact) mass is 325 g/mol. The molecule has 4 saturated carbocycles. The molecule has 1 aromatic carbocycles. The number of fused-ring (bicyclic) bond motifs is 4. The van der Waals surface area contributed by atoms with Crippen molar-refractivity contribution in [3.8, 4) is 18.2 Å². The Morgan fingerprint density at radius 1 is 0.960 bits per heavy atom. The predicted molar refractivity (Wildman–Crippen MR) is 89.7 cm³/mol. The predicted octanol–water partition coefficient (Wildman–Crippen LogP) is 4.18. The maximum absolute atomic E-state index is 10.4. The Bertz CT molecular complexity index is 945. The molecule has 6 rings (SSSR count). The number of nitrogens with zero attached hydrogens (tertiary/aromatic N) is 3. The second kappa shape index (κ2) is 3.76. The van der Waals surface area contributed by atoms with Crippen molar-refractivity contribution in [3.63, 3.8) is 0 Å². The Kier molecular flexibility index (Phi) is 2.09. The van der Waals surface area contributed by atoms with Gasteiger partial charge in [-0.05, 0) is 60.0 Å². The zero-order valence-electron chi connectivity index (χ0n) is 14.1. The van der Waals surface area contributed by atoms with E-state index in [0.29, 0.717) is 30.6 Å². The van der Waals surface area contributed by atoms with Gasteiger partial charge in [0, 0.05) is 5.41 Å². The van der Waals surface area contributed by atoms with Gasteiger partial charge in [0.1, 0.15) is 5.41 Å². The first-order valence-corrected chi connectivity index (χ1v) is 9.50. The minimum atomic E-state index is -0.885. The van der Waals surface area contributed by atoms with E-state index >= 15 is 0 Å². The molecule has 0 saturated heterocycles. The third-order valence-corrected chi connectivity index (χ3v) is 8.94. The van der Waals surface area contributed by atoms with Crippen LogP contribution >= 0.6 is 0 Å². The van der Waals surface area contributed by atoms with Gasteiger partial charge in [-0.25, -0.2) is 0 Å². The van der Waals surface area contributed by atoms with E-state index in [1.165, 1.54) is 30.4 Å². The molecule has 0 bridgehead atoms. The van der Waals surface area contributed by atoms with Gasteiger partial charge in [0.05, 0.1) is 23.6 Å². The van der Waals surface area contributed by atoms with Gasteiger partial charge >= 0.3 is 0 Å². The molecular weight excluding hydrogens is 306 g/mol. The largest absolute Gasteiger partial charge is 0.197 e. The third-order valence-electron chi connectivity index (χ3n) is 8.94. The summed E-state index contributed by atoms with van der Waals surface area (Å²) in [7, 11) is 0. The van der Waals surface area contributed by atoms with Gasteiger partial charge in [-0.15, -0.1) is 0 Å². The topological polar surface area (TPSA) is 71.4 Å². The Labute approximate surface area is 147 Å². The number of nitriles is 3. The standard InChI is InChI=1S/C22H19N3/c23-11-19(12-24)9-20-8-4-3-7-16(20)17-14-5-1-2-6-15(14)21(13-25)18(17)22(20,21)10-19/h1-2,5-6,16-18H,3-4,7-10H2/t16?,17-,18+,20?,21+,22?/m1/s1. The van der Waals surface area contributed by atoms with Crippen LogP contribution in [0.2, 0.25) is 0 Å². The van der Waals surface area contributed by atoms with Crippen LogP contribution in [0.15, 0.2) is 24.3 Å². The molecule has 4 fully saturated rings. The van der Waals surface area contributed by atoms with Gasteiger partial charge in [0.2, 0.25) is 0 Å². The normalized spacial score (nSPS) is 48.9. The SMILES string of the molecule is N#CC1(C#N)CC23CCCCC2[C@H]2c4ccccc4[C@@]4(C#N)[C@H]2C34C1. The van der Waals surface area contributed by atoms with Gasteiger partial charge in [-0.2, -0.15) is 15.8 Å². The maximum atomic E-state index is 10.4. The summed E-state index contributed by atoms with van der Waals surface area (Å²) in [5.41, 5.74) is 1.22. The molecule has 3 nitrogen and oxygen atoms in total. The summed E-state index contributed by atoms with van der Waals surface area (Å²) in [6.45, 7) is 0. The van der Waals surface area contributed by atoms with Crippen LogP contribution in [0.25, 0.3) is 0 Å². The number of hydrogen-bond acceptors (Lipinski definition) is 3. The molecule has 122 valence electrons. The molecule has 1 aromatic rings. The Hall–Kier alpha value is -2.31. The number of benzene rings is 1. The minimum Gasteiger partial charge on any atom is -0.197 e. The average Bonchev–Trinajstić information content (AvgIpc) is 2.88.